The fourth-order valence-electron chi connectivity index (χ4n) is 10.5. The molecule has 0 aliphatic rings. The van der Waals surface area contributed by atoms with Crippen LogP contribution in [-0.2, 0) is 73.1 Å². The van der Waals surface area contributed by atoms with Gasteiger partial charge >= 0.3 is 0 Å². The minimum Gasteiger partial charge on any atom is -0.489 e. The molecule has 0 saturated carbocycles. The SMILES string of the molecule is CC(=O)Cc1ccccc1OCc1cc(-c2ccnc(CN)c2)c2oc(C)cc2c1.CC(=O)Cc1ccccc1OCc1cc(-c2ccnc(CN)c2)c2occc2c1.CC(=O)Cc1ccccc1OCc1cc(-c2ccnc(CN)c2F)c2occc2c1. The first-order valence-electron chi connectivity index (χ1n) is 29.0. The quantitative estimate of drug-likeness (QED) is 0.0607. The summed E-state index contributed by atoms with van der Waals surface area (Å²) in [7, 11) is 0. The zero-order valence-electron chi connectivity index (χ0n) is 49.9. The maximum Gasteiger partial charge on any atom is 0.153 e. The number of pyridine rings is 3. The van der Waals surface area contributed by atoms with Gasteiger partial charge in [-0.1, -0.05) is 54.6 Å². The predicted molar refractivity (Wildman–Crippen MR) is 342 cm³/mol. The van der Waals surface area contributed by atoms with Crippen molar-refractivity contribution in [2.24, 2.45) is 17.2 Å². The van der Waals surface area contributed by atoms with E-state index in [9.17, 15) is 18.8 Å². The van der Waals surface area contributed by atoms with Crippen LogP contribution in [0.1, 0.15) is 77.0 Å². The van der Waals surface area contributed by atoms with Gasteiger partial charge in [0.2, 0.25) is 0 Å². The predicted octanol–water partition coefficient (Wildman–Crippen LogP) is 14.4. The van der Waals surface area contributed by atoms with Gasteiger partial charge < -0.3 is 44.7 Å². The standard InChI is InChI=1S/C25H24N2O3.C24H21FN2O3.C24H22N2O3/c1-16(28)9-20-5-3-4-6-24(20)29-15-18-11-21-10-17(2)30-25(21)23(12-18)19-7-8-27-22(13-19)14-26;1-15(28)10-17-4-2-3-5-22(17)30-14-16-11-18-7-9-29-24(18)20(12-16)19-6-8-27-21(13-26)23(19)25;1-16(27)10-19-4-2-3-5-23(19)29-15-17-11-20-7-9-28-24(20)22(12-17)18-6-8-26-21(13-18)14-25/h3-8,10-13H,9,14-15,26H2,1-2H3;2-9,11-12H,10,13-14,26H2,1H3;2-9,11-13H,10,14-15,25H2,1H3. The Morgan fingerprint density at radius 3 is 1.31 bits per heavy atom. The summed E-state index contributed by atoms with van der Waals surface area (Å²) in [6.07, 6.45) is 9.36. The number of ketones is 3. The third-order valence-corrected chi connectivity index (χ3v) is 14.6. The molecule has 0 saturated heterocycles. The maximum atomic E-state index is 14.9. The summed E-state index contributed by atoms with van der Waals surface area (Å²) in [6.45, 7) is 8.47. The number of hydrogen-bond acceptors (Lipinski definition) is 15. The highest BCUT2D eigenvalue weighted by Gasteiger charge is 2.19. The number of aromatic nitrogens is 3. The molecule has 15 nitrogen and oxygen atoms in total. The third kappa shape index (κ3) is 15.4. The zero-order chi connectivity index (χ0) is 62.4. The molecule has 0 aliphatic carbocycles. The summed E-state index contributed by atoms with van der Waals surface area (Å²) in [5.74, 6) is 2.79. The molecule has 6 aromatic carbocycles. The molecule has 0 radical (unpaired) electrons. The number of nitrogens with two attached hydrogens (primary N) is 3. The summed E-state index contributed by atoms with van der Waals surface area (Å²) in [5.41, 5.74) is 31.7. The van der Waals surface area contributed by atoms with E-state index in [1.54, 1.807) is 51.8 Å². The van der Waals surface area contributed by atoms with Gasteiger partial charge in [0.05, 0.1) is 29.6 Å². The van der Waals surface area contributed by atoms with E-state index in [0.29, 0.717) is 68.0 Å². The van der Waals surface area contributed by atoms with Crippen LogP contribution in [0.25, 0.3) is 66.3 Å². The normalized spacial score (nSPS) is 11.0. The smallest absolute Gasteiger partial charge is 0.153 e. The van der Waals surface area contributed by atoms with Crippen molar-refractivity contribution in [3.8, 4) is 50.6 Å². The number of carbonyl (C=O) groups is 3. The molecule has 0 unspecified atom stereocenters. The monoisotopic (exact) mass is 1190 g/mol. The van der Waals surface area contributed by atoms with E-state index in [1.165, 1.54) is 6.20 Å². The van der Waals surface area contributed by atoms with Gasteiger partial charge in [0.1, 0.15) is 76.9 Å². The number of carbonyl (C=O) groups excluding carboxylic acids is 3. The van der Waals surface area contributed by atoms with Crippen molar-refractivity contribution < 1.29 is 46.2 Å². The van der Waals surface area contributed by atoms with Crippen molar-refractivity contribution in [1.82, 2.24) is 15.0 Å². The summed E-state index contributed by atoms with van der Waals surface area (Å²) < 4.78 is 50.4. The molecule has 450 valence electrons. The first kappa shape index (κ1) is 61.7. The van der Waals surface area contributed by atoms with Gasteiger partial charge in [0.25, 0.3) is 0 Å². The Labute approximate surface area is 514 Å². The second kappa shape index (κ2) is 28.9. The van der Waals surface area contributed by atoms with Gasteiger partial charge in [0.15, 0.2) is 5.82 Å². The second-order valence-corrected chi connectivity index (χ2v) is 21.5. The van der Waals surface area contributed by atoms with Crippen LogP contribution in [0.4, 0.5) is 4.39 Å². The number of furan rings is 3. The van der Waals surface area contributed by atoms with Crippen LogP contribution < -0.4 is 31.4 Å². The minimum absolute atomic E-state index is 0.0106. The molecule has 0 fully saturated rings. The Morgan fingerprint density at radius 1 is 0.449 bits per heavy atom. The lowest BCUT2D eigenvalue weighted by molar-refractivity contribution is -0.117. The molecule has 0 bridgehead atoms. The Hall–Kier alpha value is -10.4. The number of benzene rings is 6. The van der Waals surface area contributed by atoms with Crippen LogP contribution in [0.2, 0.25) is 0 Å². The van der Waals surface area contributed by atoms with Crippen LogP contribution in [0.15, 0.2) is 202 Å². The van der Waals surface area contributed by atoms with E-state index in [-0.39, 0.29) is 36.2 Å². The van der Waals surface area contributed by atoms with Gasteiger partial charge in [0, 0.05) is 113 Å². The summed E-state index contributed by atoms with van der Waals surface area (Å²) in [4.78, 5) is 47.2. The average molecular weight is 1190 g/mol. The number of Topliss-reactive ketones (excluding diaryl/α,β-unsaturated/α-hetero) is 3. The summed E-state index contributed by atoms with van der Waals surface area (Å²) in [6, 6.07) is 50.1. The number of aryl methyl sites for hydroxylation is 1. The Balaban J connectivity index is 0.000000147. The lowest BCUT2D eigenvalue weighted by Crippen LogP contribution is -2.04. The van der Waals surface area contributed by atoms with Crippen molar-refractivity contribution >= 4 is 50.3 Å². The number of para-hydroxylation sites is 3. The van der Waals surface area contributed by atoms with Gasteiger partial charge in [-0.25, -0.2) is 4.39 Å². The van der Waals surface area contributed by atoms with E-state index >= 15 is 0 Å². The molecule has 12 rings (SSSR count). The molecular weight excluding hydrogens is 1120 g/mol. The molecule has 6 N–H and O–H groups in total. The molecule has 6 heterocycles. The fraction of sp³-hybridized carbons (Fsp3) is 0.178. The van der Waals surface area contributed by atoms with E-state index < -0.39 is 5.82 Å². The Bertz CT molecular complexity index is 4490. The second-order valence-electron chi connectivity index (χ2n) is 21.5. The molecule has 0 aliphatic heterocycles. The molecule has 0 atom stereocenters. The first-order valence-corrected chi connectivity index (χ1v) is 29.0. The molecule has 16 heteroatoms. The Kier molecular flexibility index (Phi) is 20.0. The van der Waals surface area contributed by atoms with Crippen LogP contribution in [0, 0.1) is 12.7 Å². The van der Waals surface area contributed by atoms with Crippen molar-refractivity contribution in [2.45, 2.75) is 86.4 Å². The highest BCUT2D eigenvalue weighted by Crippen LogP contribution is 2.37. The van der Waals surface area contributed by atoms with Gasteiger partial charge in [-0.3, -0.25) is 29.3 Å². The van der Waals surface area contributed by atoms with E-state index in [1.807, 2.05) is 134 Å². The van der Waals surface area contributed by atoms with Crippen LogP contribution >= 0.6 is 0 Å². The third-order valence-electron chi connectivity index (χ3n) is 14.6. The Morgan fingerprint density at radius 2 is 0.865 bits per heavy atom. The lowest BCUT2D eigenvalue weighted by atomic mass is 10.00. The molecule has 0 spiro atoms. The largest absolute Gasteiger partial charge is 0.489 e. The zero-order valence-corrected chi connectivity index (χ0v) is 49.9. The van der Waals surface area contributed by atoms with Gasteiger partial charge in [-0.15, -0.1) is 0 Å². The van der Waals surface area contributed by atoms with Crippen LogP contribution in [-0.4, -0.2) is 32.3 Å². The molecule has 6 aromatic heterocycles. The average Bonchev–Trinajstić information content (AvgIpc) is 2.19. The number of halogens is 1. The van der Waals surface area contributed by atoms with E-state index in [0.717, 1.165) is 112 Å². The number of ether oxygens (including phenoxy) is 3. The van der Waals surface area contributed by atoms with E-state index in [4.69, 9.17) is 44.7 Å². The molecule has 12 aromatic rings. The number of fused-ring (bicyclic) bond motifs is 3. The van der Waals surface area contributed by atoms with Gasteiger partial charge in [-0.2, -0.15) is 0 Å². The van der Waals surface area contributed by atoms with Gasteiger partial charge in [-0.05, 0) is 159 Å². The number of rotatable bonds is 21. The minimum atomic E-state index is -0.456. The van der Waals surface area contributed by atoms with Crippen molar-refractivity contribution in [2.75, 3.05) is 0 Å². The summed E-state index contributed by atoms with van der Waals surface area (Å²) >= 11 is 0. The van der Waals surface area contributed by atoms with Crippen LogP contribution in [0.3, 0.4) is 0 Å². The van der Waals surface area contributed by atoms with Crippen LogP contribution in [0.5, 0.6) is 17.2 Å². The first-order chi connectivity index (χ1) is 43.2. The fourth-order valence-corrected chi connectivity index (χ4v) is 10.5. The van der Waals surface area contributed by atoms with Crippen molar-refractivity contribution in [3.05, 3.63) is 251 Å². The highest BCUT2D eigenvalue weighted by atomic mass is 19.1. The molecular formula is C73H67FN6O9. The highest BCUT2D eigenvalue weighted by molar-refractivity contribution is 5.95. The van der Waals surface area contributed by atoms with E-state index in [2.05, 4.69) is 39.2 Å². The summed E-state index contributed by atoms with van der Waals surface area (Å²) in [5, 5.41) is 2.87. The molecule has 0 amide bonds. The molecule has 89 heavy (non-hydrogen) atoms. The maximum absolute atomic E-state index is 14.9. The number of nitrogens with zero attached hydrogens (tertiary/aromatic N) is 3. The number of hydrogen-bond donors (Lipinski definition) is 3. The topological polar surface area (TPSA) is 235 Å². The van der Waals surface area contributed by atoms with Crippen molar-refractivity contribution in [1.29, 1.82) is 0 Å². The lowest BCUT2D eigenvalue weighted by Gasteiger charge is -2.13. The van der Waals surface area contributed by atoms with Crippen molar-refractivity contribution in [3.63, 3.8) is 0 Å².